The third kappa shape index (κ3) is 3.77. The lowest BCUT2D eigenvalue weighted by Crippen LogP contribution is -2.40. The molecule has 1 heterocycles. The van der Waals surface area contributed by atoms with Crippen LogP contribution in [0.2, 0.25) is 5.02 Å². The van der Waals surface area contributed by atoms with Crippen LogP contribution in [0.1, 0.15) is 39.0 Å². The maximum absolute atomic E-state index is 12.4. The molecule has 0 fully saturated rings. The molecule has 2 N–H and O–H groups in total. The van der Waals surface area contributed by atoms with Gasteiger partial charge in [0.15, 0.2) is 0 Å². The van der Waals surface area contributed by atoms with Gasteiger partial charge in [-0.05, 0) is 28.8 Å². The molecule has 3 aromatic carbocycles. The molecule has 2 atom stereocenters. The smallest absolute Gasteiger partial charge is 0.341 e. The molecule has 5 nitrogen and oxygen atoms in total. The van der Waals surface area contributed by atoms with Crippen molar-refractivity contribution < 1.29 is 14.7 Å². The summed E-state index contributed by atoms with van der Waals surface area (Å²) in [6.07, 6.45) is 0. The standard InChI is InChI=1S/C23H17ClN2O3/c24-18-13-16(11-12-17(18)22(27)28)21-19(14-7-3-1-4-8-14)20(25-23(29)26-21)15-9-5-2-6-10-15/h1-13,19,21H,(H,26,29)(H,27,28). The van der Waals surface area contributed by atoms with Crippen molar-refractivity contribution >= 4 is 29.3 Å². The Balaban J connectivity index is 1.86. The summed E-state index contributed by atoms with van der Waals surface area (Å²) in [6.45, 7) is 0. The van der Waals surface area contributed by atoms with Crippen molar-refractivity contribution in [1.82, 2.24) is 5.32 Å². The van der Waals surface area contributed by atoms with Gasteiger partial charge in [-0.15, -0.1) is 0 Å². The molecule has 1 aliphatic heterocycles. The van der Waals surface area contributed by atoms with Gasteiger partial charge in [-0.25, -0.2) is 9.59 Å². The van der Waals surface area contributed by atoms with Crippen LogP contribution in [0.3, 0.4) is 0 Å². The fraction of sp³-hybridized carbons (Fsp3) is 0.0870. The third-order valence-electron chi connectivity index (χ3n) is 4.94. The van der Waals surface area contributed by atoms with E-state index in [-0.39, 0.29) is 16.5 Å². The number of carboxylic acids is 1. The molecule has 0 aliphatic carbocycles. The van der Waals surface area contributed by atoms with Crippen molar-refractivity contribution in [2.75, 3.05) is 0 Å². The second-order valence-electron chi connectivity index (χ2n) is 6.72. The summed E-state index contributed by atoms with van der Waals surface area (Å²) >= 11 is 6.20. The van der Waals surface area contributed by atoms with E-state index in [0.717, 1.165) is 11.1 Å². The van der Waals surface area contributed by atoms with Gasteiger partial charge < -0.3 is 10.4 Å². The van der Waals surface area contributed by atoms with Gasteiger partial charge in [0.2, 0.25) is 0 Å². The number of hydrogen-bond donors (Lipinski definition) is 2. The molecule has 0 saturated carbocycles. The van der Waals surface area contributed by atoms with Crippen molar-refractivity contribution in [3.05, 3.63) is 106 Å². The molecule has 144 valence electrons. The number of rotatable bonds is 4. The van der Waals surface area contributed by atoms with Crippen LogP contribution in [-0.2, 0) is 0 Å². The minimum Gasteiger partial charge on any atom is -0.478 e. The van der Waals surface area contributed by atoms with Crippen LogP contribution in [0.5, 0.6) is 0 Å². The average molecular weight is 405 g/mol. The lowest BCUT2D eigenvalue weighted by molar-refractivity contribution is 0.0697. The van der Waals surface area contributed by atoms with E-state index < -0.39 is 18.0 Å². The molecule has 6 heteroatoms. The monoisotopic (exact) mass is 404 g/mol. The second-order valence-corrected chi connectivity index (χ2v) is 7.13. The summed E-state index contributed by atoms with van der Waals surface area (Å²) in [7, 11) is 0. The van der Waals surface area contributed by atoms with Crippen LogP contribution in [-0.4, -0.2) is 22.8 Å². The fourth-order valence-electron chi connectivity index (χ4n) is 3.62. The van der Waals surface area contributed by atoms with Crippen LogP contribution < -0.4 is 5.32 Å². The summed E-state index contributed by atoms with van der Waals surface area (Å²) in [5.74, 6) is -1.36. The van der Waals surface area contributed by atoms with Gasteiger partial charge >= 0.3 is 12.0 Å². The van der Waals surface area contributed by atoms with E-state index in [1.807, 2.05) is 60.7 Å². The van der Waals surface area contributed by atoms with E-state index in [9.17, 15) is 14.7 Å². The van der Waals surface area contributed by atoms with Gasteiger partial charge in [-0.2, -0.15) is 4.99 Å². The molecular weight excluding hydrogens is 388 g/mol. The number of urea groups is 1. The van der Waals surface area contributed by atoms with Gasteiger partial charge in [0, 0.05) is 0 Å². The normalized spacial score (nSPS) is 18.7. The Morgan fingerprint density at radius 2 is 1.59 bits per heavy atom. The number of carboxylic acid groups (broad SMARTS) is 1. The molecule has 2 amide bonds. The lowest BCUT2D eigenvalue weighted by atomic mass is 9.80. The zero-order chi connectivity index (χ0) is 20.4. The first kappa shape index (κ1) is 18.9. The largest absolute Gasteiger partial charge is 0.478 e. The molecule has 0 aromatic heterocycles. The maximum atomic E-state index is 12.4. The zero-order valence-electron chi connectivity index (χ0n) is 15.2. The molecule has 4 rings (SSSR count). The molecule has 0 saturated heterocycles. The molecule has 0 bridgehead atoms. The van der Waals surface area contributed by atoms with Crippen molar-refractivity contribution in [3.63, 3.8) is 0 Å². The minimum atomic E-state index is -1.10. The third-order valence-corrected chi connectivity index (χ3v) is 5.25. The van der Waals surface area contributed by atoms with Gasteiger partial charge in [0.1, 0.15) is 0 Å². The van der Waals surface area contributed by atoms with E-state index in [2.05, 4.69) is 10.3 Å². The first-order valence-corrected chi connectivity index (χ1v) is 9.44. The van der Waals surface area contributed by atoms with Gasteiger partial charge in [0.25, 0.3) is 0 Å². The summed E-state index contributed by atoms with van der Waals surface area (Å²) < 4.78 is 0. The Bertz CT molecular complexity index is 1100. The Labute approximate surface area is 172 Å². The molecular formula is C23H17ClN2O3. The van der Waals surface area contributed by atoms with Crippen LogP contribution in [0.25, 0.3) is 0 Å². The summed E-state index contributed by atoms with van der Waals surface area (Å²) in [5.41, 5.74) is 3.23. The van der Waals surface area contributed by atoms with Gasteiger partial charge in [0.05, 0.1) is 28.3 Å². The van der Waals surface area contributed by atoms with Crippen LogP contribution >= 0.6 is 11.6 Å². The number of amides is 2. The quantitative estimate of drug-likeness (QED) is 0.636. The van der Waals surface area contributed by atoms with E-state index in [4.69, 9.17) is 11.6 Å². The van der Waals surface area contributed by atoms with E-state index >= 15 is 0 Å². The molecule has 29 heavy (non-hydrogen) atoms. The van der Waals surface area contributed by atoms with E-state index in [0.29, 0.717) is 11.3 Å². The first-order valence-electron chi connectivity index (χ1n) is 9.07. The predicted molar refractivity (Wildman–Crippen MR) is 112 cm³/mol. The zero-order valence-corrected chi connectivity index (χ0v) is 16.0. The Morgan fingerprint density at radius 1 is 0.931 bits per heavy atom. The summed E-state index contributed by atoms with van der Waals surface area (Å²) in [5, 5.41) is 12.3. The van der Waals surface area contributed by atoms with Crippen molar-refractivity contribution in [2.45, 2.75) is 12.0 Å². The highest BCUT2D eigenvalue weighted by Gasteiger charge is 2.35. The number of halogens is 1. The highest BCUT2D eigenvalue weighted by Crippen LogP contribution is 2.38. The van der Waals surface area contributed by atoms with Gasteiger partial charge in [-0.3, -0.25) is 0 Å². The summed E-state index contributed by atoms with van der Waals surface area (Å²) in [6, 6.07) is 23.2. The Morgan fingerprint density at radius 3 is 2.21 bits per heavy atom. The average Bonchev–Trinajstić information content (AvgIpc) is 2.74. The summed E-state index contributed by atoms with van der Waals surface area (Å²) in [4.78, 5) is 28.0. The number of hydrogen-bond acceptors (Lipinski definition) is 2. The molecule has 0 spiro atoms. The highest BCUT2D eigenvalue weighted by atomic mass is 35.5. The molecule has 0 radical (unpaired) electrons. The van der Waals surface area contributed by atoms with Crippen molar-refractivity contribution in [1.29, 1.82) is 0 Å². The van der Waals surface area contributed by atoms with Crippen molar-refractivity contribution in [2.24, 2.45) is 4.99 Å². The number of benzene rings is 3. The van der Waals surface area contributed by atoms with Gasteiger partial charge in [-0.1, -0.05) is 78.3 Å². The van der Waals surface area contributed by atoms with Crippen LogP contribution in [0.15, 0.2) is 83.9 Å². The molecule has 2 unspecified atom stereocenters. The van der Waals surface area contributed by atoms with Crippen LogP contribution in [0, 0.1) is 0 Å². The fourth-order valence-corrected chi connectivity index (χ4v) is 3.89. The highest BCUT2D eigenvalue weighted by molar-refractivity contribution is 6.33. The number of carbonyl (C=O) groups excluding carboxylic acids is 1. The maximum Gasteiger partial charge on any atom is 0.341 e. The number of nitrogens with zero attached hydrogens (tertiary/aromatic N) is 1. The number of carbonyl (C=O) groups is 2. The topological polar surface area (TPSA) is 78.8 Å². The molecule has 3 aromatic rings. The van der Waals surface area contributed by atoms with E-state index in [1.54, 1.807) is 12.1 Å². The van der Waals surface area contributed by atoms with Crippen molar-refractivity contribution in [3.8, 4) is 0 Å². The minimum absolute atomic E-state index is 0.0192. The second kappa shape index (κ2) is 7.89. The lowest BCUT2D eigenvalue weighted by Gasteiger charge is -2.33. The van der Waals surface area contributed by atoms with E-state index in [1.165, 1.54) is 6.07 Å². The van der Waals surface area contributed by atoms with Crippen LogP contribution in [0.4, 0.5) is 4.79 Å². The molecule has 1 aliphatic rings. The number of aliphatic imine (C=N–C) groups is 1. The SMILES string of the molecule is O=C1N=C(c2ccccc2)C(c2ccccc2)C(c2ccc(C(=O)O)c(Cl)c2)N1. The number of aromatic carboxylic acids is 1. The first-order chi connectivity index (χ1) is 14.0. The Hall–Kier alpha value is -3.44. The number of nitrogens with one attached hydrogen (secondary N) is 1. The predicted octanol–water partition coefficient (Wildman–Crippen LogP) is 5.08. The Kier molecular flexibility index (Phi) is 5.14.